The monoisotopic (exact) mass is 863 g/mol. The van der Waals surface area contributed by atoms with E-state index in [-0.39, 0.29) is 0 Å². The Morgan fingerprint density at radius 3 is 1.38 bits per heavy atom. The van der Waals surface area contributed by atoms with Gasteiger partial charge in [-0.1, -0.05) is 182 Å². The van der Waals surface area contributed by atoms with Crippen molar-refractivity contribution in [2.75, 3.05) is 0 Å². The van der Waals surface area contributed by atoms with Crippen LogP contribution in [0.2, 0.25) is 0 Å². The molecule has 12 rings (SSSR count). The highest BCUT2D eigenvalue weighted by Gasteiger charge is 2.24. The van der Waals surface area contributed by atoms with Crippen LogP contribution >= 0.6 is 0 Å². The number of benzene rings is 10. The molecule has 314 valence electrons. The third-order valence-corrected chi connectivity index (χ3v) is 12.9. The average Bonchev–Trinajstić information content (AvgIpc) is 3.76. The Bertz CT molecular complexity index is 3880. The van der Waals surface area contributed by atoms with E-state index in [4.69, 9.17) is 15.0 Å². The van der Waals surface area contributed by atoms with E-state index in [0.717, 1.165) is 66.8 Å². The molecule has 5 heteroatoms. The molecule has 0 saturated carbocycles. The largest absolute Gasteiger partial charge is 0.208 e. The summed E-state index contributed by atoms with van der Waals surface area (Å²) in [6, 6.07) is 81.6. The van der Waals surface area contributed by atoms with Gasteiger partial charge in [0, 0.05) is 16.7 Å². The van der Waals surface area contributed by atoms with E-state index in [2.05, 4.69) is 146 Å². The van der Waals surface area contributed by atoms with Crippen LogP contribution in [0.3, 0.4) is 0 Å². The van der Waals surface area contributed by atoms with Gasteiger partial charge in [-0.2, -0.15) is 10.5 Å². The van der Waals surface area contributed by atoms with Gasteiger partial charge in [-0.25, -0.2) is 15.0 Å². The van der Waals surface area contributed by atoms with Crippen molar-refractivity contribution in [1.82, 2.24) is 15.0 Å². The predicted molar refractivity (Wildman–Crippen MR) is 275 cm³/mol. The molecule has 0 radical (unpaired) electrons. The summed E-state index contributed by atoms with van der Waals surface area (Å²) in [6.45, 7) is 0. The molecule has 0 amide bonds. The molecular formula is C63H37N5. The molecule has 0 bridgehead atoms. The summed E-state index contributed by atoms with van der Waals surface area (Å²) in [4.78, 5) is 15.1. The minimum absolute atomic E-state index is 0.563. The number of rotatable bonds is 8. The number of hydrogen-bond acceptors (Lipinski definition) is 5. The third-order valence-electron chi connectivity index (χ3n) is 12.9. The van der Waals surface area contributed by atoms with Gasteiger partial charge < -0.3 is 0 Å². The van der Waals surface area contributed by atoms with Crippen LogP contribution in [-0.2, 0) is 0 Å². The Hall–Kier alpha value is -9.55. The van der Waals surface area contributed by atoms with Crippen LogP contribution in [0.4, 0.5) is 0 Å². The number of hydrogen-bond donors (Lipinski definition) is 0. The zero-order valence-electron chi connectivity index (χ0n) is 36.6. The van der Waals surface area contributed by atoms with E-state index < -0.39 is 0 Å². The van der Waals surface area contributed by atoms with Crippen LogP contribution in [0.1, 0.15) is 11.1 Å². The van der Waals surface area contributed by atoms with Crippen molar-refractivity contribution < 1.29 is 0 Å². The highest BCUT2D eigenvalue weighted by atomic mass is 15.0. The zero-order chi connectivity index (χ0) is 45.6. The molecule has 1 aromatic heterocycles. The summed E-state index contributed by atoms with van der Waals surface area (Å²) in [5.41, 5.74) is 19.1. The standard InChI is InChI=1S/C63H37N5/c64-38-40-25-27-41(28-26-40)44-14-7-20-51(34-44)62-66-61(43-11-2-1-3-12-43)67-63(68-62)52-21-8-17-47(35-52)45-15-6-16-46(33-45)48-30-31-54(53(36-48)39-65)49-18-9-19-50(37-49)55-32-29-42-13-10-24-57-56-22-4-5-23-58(56)60(55)59(42)57/h1-37H. The van der Waals surface area contributed by atoms with Crippen molar-refractivity contribution in [1.29, 1.82) is 10.5 Å². The predicted octanol–water partition coefficient (Wildman–Crippen LogP) is 15.8. The van der Waals surface area contributed by atoms with Gasteiger partial charge in [0.2, 0.25) is 0 Å². The van der Waals surface area contributed by atoms with Crippen LogP contribution in [0.15, 0.2) is 224 Å². The molecule has 11 aromatic rings. The summed E-state index contributed by atoms with van der Waals surface area (Å²) in [5.74, 6) is 1.71. The lowest BCUT2D eigenvalue weighted by atomic mass is 9.90. The first-order chi connectivity index (χ1) is 33.6. The molecule has 0 atom stereocenters. The van der Waals surface area contributed by atoms with Crippen molar-refractivity contribution in [2.24, 2.45) is 0 Å². The second kappa shape index (κ2) is 16.8. The molecule has 1 aliphatic carbocycles. The summed E-state index contributed by atoms with van der Waals surface area (Å²) < 4.78 is 0. The molecule has 1 heterocycles. The Labute approximate surface area is 394 Å². The summed E-state index contributed by atoms with van der Waals surface area (Å²) >= 11 is 0. The first-order valence-corrected chi connectivity index (χ1v) is 22.5. The summed E-state index contributed by atoms with van der Waals surface area (Å²) in [5, 5.41) is 22.5. The average molecular weight is 864 g/mol. The fraction of sp³-hybridized carbons (Fsp3) is 0. The number of nitrogens with zero attached hydrogens (tertiary/aromatic N) is 5. The van der Waals surface area contributed by atoms with E-state index in [0.29, 0.717) is 28.6 Å². The van der Waals surface area contributed by atoms with E-state index in [1.54, 1.807) is 0 Å². The Morgan fingerprint density at radius 1 is 0.279 bits per heavy atom. The van der Waals surface area contributed by atoms with Crippen LogP contribution in [0.25, 0.3) is 123 Å². The fourth-order valence-electron chi connectivity index (χ4n) is 9.62. The molecule has 0 fully saturated rings. The lowest BCUT2D eigenvalue weighted by Gasteiger charge is -2.13. The van der Waals surface area contributed by atoms with Gasteiger partial charge in [0.25, 0.3) is 0 Å². The first-order valence-electron chi connectivity index (χ1n) is 22.5. The fourth-order valence-corrected chi connectivity index (χ4v) is 9.62. The summed E-state index contributed by atoms with van der Waals surface area (Å²) in [7, 11) is 0. The Kier molecular flexibility index (Phi) is 9.87. The normalized spacial score (nSPS) is 11.2. The molecule has 68 heavy (non-hydrogen) atoms. The van der Waals surface area contributed by atoms with Crippen molar-refractivity contribution >= 4 is 10.8 Å². The molecule has 10 aromatic carbocycles. The van der Waals surface area contributed by atoms with Gasteiger partial charge >= 0.3 is 0 Å². The van der Waals surface area contributed by atoms with E-state index in [1.807, 2.05) is 91.0 Å². The van der Waals surface area contributed by atoms with Gasteiger partial charge in [-0.05, 0) is 131 Å². The Morgan fingerprint density at radius 2 is 0.735 bits per heavy atom. The minimum atomic E-state index is 0.563. The van der Waals surface area contributed by atoms with Crippen LogP contribution in [-0.4, -0.2) is 15.0 Å². The topological polar surface area (TPSA) is 86.2 Å². The van der Waals surface area contributed by atoms with Crippen molar-refractivity contribution in [2.45, 2.75) is 0 Å². The number of fused-ring (bicyclic) bond motifs is 3. The van der Waals surface area contributed by atoms with Crippen molar-refractivity contribution in [3.8, 4) is 124 Å². The highest BCUT2D eigenvalue weighted by molar-refractivity contribution is 6.19. The maximum atomic E-state index is 10.6. The van der Waals surface area contributed by atoms with Crippen molar-refractivity contribution in [3.05, 3.63) is 236 Å². The second-order valence-electron chi connectivity index (χ2n) is 17.0. The maximum Gasteiger partial charge on any atom is 0.164 e. The van der Waals surface area contributed by atoms with E-state index in [1.165, 1.54) is 38.6 Å². The molecular weight excluding hydrogens is 827 g/mol. The van der Waals surface area contributed by atoms with E-state index >= 15 is 0 Å². The molecule has 5 nitrogen and oxygen atoms in total. The Balaban J connectivity index is 0.872. The van der Waals surface area contributed by atoms with Crippen LogP contribution in [0.5, 0.6) is 0 Å². The van der Waals surface area contributed by atoms with Gasteiger partial charge in [-0.3, -0.25) is 0 Å². The third kappa shape index (κ3) is 7.18. The number of nitriles is 2. The SMILES string of the molecule is N#Cc1ccc(-c2cccc(-c3nc(-c4ccccc4)nc(-c4cccc(-c5cccc(-c6ccc(-c7cccc(-c8ccc9cccc%10c9c8-c8ccccc8-%10)c7)c(C#N)c6)c5)c4)n3)c2)cc1. The second-order valence-corrected chi connectivity index (χ2v) is 17.0. The number of aromatic nitrogens is 3. The smallest absolute Gasteiger partial charge is 0.164 e. The van der Waals surface area contributed by atoms with Crippen molar-refractivity contribution in [3.63, 3.8) is 0 Å². The van der Waals surface area contributed by atoms with Gasteiger partial charge in [0.15, 0.2) is 17.5 Å². The molecule has 0 spiro atoms. The lowest BCUT2D eigenvalue weighted by molar-refractivity contribution is 1.07. The maximum absolute atomic E-state index is 10.6. The first kappa shape index (κ1) is 40.0. The summed E-state index contributed by atoms with van der Waals surface area (Å²) in [6.07, 6.45) is 0. The van der Waals surface area contributed by atoms with Gasteiger partial charge in [-0.15, -0.1) is 0 Å². The minimum Gasteiger partial charge on any atom is -0.208 e. The van der Waals surface area contributed by atoms with Gasteiger partial charge in [0.1, 0.15) is 0 Å². The quantitative estimate of drug-likeness (QED) is 0.152. The molecule has 0 aliphatic heterocycles. The highest BCUT2D eigenvalue weighted by Crippen LogP contribution is 2.51. The molecule has 0 N–H and O–H groups in total. The molecule has 0 unspecified atom stereocenters. The van der Waals surface area contributed by atoms with Crippen LogP contribution in [0, 0.1) is 22.7 Å². The lowest BCUT2D eigenvalue weighted by Crippen LogP contribution is -2.00. The molecule has 0 saturated heterocycles. The van der Waals surface area contributed by atoms with Crippen LogP contribution < -0.4 is 0 Å². The molecule has 1 aliphatic rings. The van der Waals surface area contributed by atoms with E-state index in [9.17, 15) is 10.5 Å². The van der Waals surface area contributed by atoms with Gasteiger partial charge in [0.05, 0.1) is 23.3 Å². The zero-order valence-corrected chi connectivity index (χ0v) is 36.6.